The molecule has 0 bridgehead atoms. The monoisotopic (exact) mass is 450 g/mol. The van der Waals surface area contributed by atoms with Crippen molar-refractivity contribution in [1.29, 1.82) is 0 Å². The van der Waals surface area contributed by atoms with Gasteiger partial charge in [0.1, 0.15) is 0 Å². The maximum absolute atomic E-state index is 12.1. The van der Waals surface area contributed by atoms with Crippen molar-refractivity contribution in [3.63, 3.8) is 0 Å². The van der Waals surface area contributed by atoms with Gasteiger partial charge >= 0.3 is 0 Å². The minimum atomic E-state index is 0. The van der Waals surface area contributed by atoms with E-state index in [0.29, 0.717) is 12.0 Å². The van der Waals surface area contributed by atoms with Crippen molar-refractivity contribution in [2.75, 3.05) is 26.7 Å². The maximum Gasteiger partial charge on any atom is 0.223 e. The summed E-state index contributed by atoms with van der Waals surface area (Å²) in [5.74, 6) is 1.31. The van der Waals surface area contributed by atoms with Crippen LogP contribution in [-0.2, 0) is 4.79 Å². The van der Waals surface area contributed by atoms with E-state index in [1.54, 1.807) is 7.05 Å². The van der Waals surface area contributed by atoms with E-state index in [2.05, 4.69) is 27.9 Å². The first-order chi connectivity index (χ1) is 11.2. The molecule has 0 aromatic carbocycles. The topological polar surface area (TPSA) is 65.5 Å². The Labute approximate surface area is 164 Å². The molecule has 2 rings (SSSR count). The van der Waals surface area contributed by atoms with Gasteiger partial charge in [0, 0.05) is 32.6 Å². The molecule has 0 unspecified atom stereocenters. The summed E-state index contributed by atoms with van der Waals surface area (Å²) in [5, 5.41) is 9.79. The van der Waals surface area contributed by atoms with Crippen LogP contribution in [-0.4, -0.2) is 38.5 Å². The van der Waals surface area contributed by atoms with Crippen molar-refractivity contribution in [3.8, 4) is 0 Å². The number of hydrogen-bond acceptors (Lipinski definition) is 2. The van der Waals surface area contributed by atoms with Crippen LogP contribution in [0.5, 0.6) is 0 Å². The van der Waals surface area contributed by atoms with E-state index in [-0.39, 0.29) is 35.8 Å². The van der Waals surface area contributed by atoms with Crippen molar-refractivity contribution < 1.29 is 4.79 Å². The number of aliphatic imine (C=N–C) groups is 1. The van der Waals surface area contributed by atoms with Crippen LogP contribution in [0, 0.1) is 11.3 Å². The lowest BCUT2D eigenvalue weighted by Crippen LogP contribution is -2.47. The third kappa shape index (κ3) is 6.41. The van der Waals surface area contributed by atoms with Gasteiger partial charge in [-0.3, -0.25) is 9.79 Å². The highest BCUT2D eigenvalue weighted by Crippen LogP contribution is 2.42. The van der Waals surface area contributed by atoms with Crippen LogP contribution in [0.1, 0.15) is 64.7 Å². The number of hydrogen-bond donors (Lipinski definition) is 3. The molecular weight excluding hydrogens is 415 g/mol. The minimum absolute atomic E-state index is 0. The molecule has 3 N–H and O–H groups in total. The summed E-state index contributed by atoms with van der Waals surface area (Å²) in [4.78, 5) is 16.3. The Morgan fingerprint density at radius 2 is 1.71 bits per heavy atom. The zero-order valence-corrected chi connectivity index (χ0v) is 17.7. The first-order valence-electron chi connectivity index (χ1n) is 9.41. The Balaban J connectivity index is 0.00000288. The lowest BCUT2D eigenvalue weighted by Gasteiger charge is -2.41. The molecule has 6 heteroatoms. The summed E-state index contributed by atoms with van der Waals surface area (Å²) < 4.78 is 0. The average Bonchev–Trinajstić information content (AvgIpc) is 2.56. The zero-order valence-electron chi connectivity index (χ0n) is 15.3. The van der Waals surface area contributed by atoms with E-state index in [1.165, 1.54) is 44.9 Å². The Morgan fingerprint density at radius 1 is 1.04 bits per heavy atom. The molecule has 2 aliphatic carbocycles. The van der Waals surface area contributed by atoms with Crippen LogP contribution in [0.15, 0.2) is 4.99 Å². The Hall–Kier alpha value is -0.530. The number of nitrogens with zero attached hydrogens (tertiary/aromatic N) is 1. The smallest absolute Gasteiger partial charge is 0.223 e. The van der Waals surface area contributed by atoms with E-state index in [0.717, 1.165) is 31.9 Å². The van der Waals surface area contributed by atoms with Gasteiger partial charge in [-0.05, 0) is 37.5 Å². The summed E-state index contributed by atoms with van der Waals surface area (Å²) in [6.07, 6.45) is 11.0. The van der Waals surface area contributed by atoms with E-state index in [1.807, 2.05) is 0 Å². The van der Waals surface area contributed by atoms with Gasteiger partial charge in [0.25, 0.3) is 0 Å². The molecule has 2 fully saturated rings. The second-order valence-electron chi connectivity index (χ2n) is 7.19. The summed E-state index contributed by atoms with van der Waals surface area (Å²) >= 11 is 0. The van der Waals surface area contributed by atoms with Crippen molar-refractivity contribution >= 4 is 35.8 Å². The van der Waals surface area contributed by atoms with Gasteiger partial charge < -0.3 is 16.0 Å². The highest BCUT2D eigenvalue weighted by molar-refractivity contribution is 14.0. The predicted octanol–water partition coefficient (Wildman–Crippen LogP) is 3.05. The molecule has 1 amide bonds. The fourth-order valence-electron chi connectivity index (χ4n) is 3.70. The molecule has 5 nitrogen and oxygen atoms in total. The number of rotatable bonds is 7. The molecule has 0 aromatic heterocycles. The highest BCUT2D eigenvalue weighted by Gasteiger charge is 2.34. The van der Waals surface area contributed by atoms with Crippen molar-refractivity contribution in [3.05, 3.63) is 0 Å². The number of carbonyl (C=O) groups is 1. The Kier molecular flexibility index (Phi) is 10.0. The van der Waals surface area contributed by atoms with Crippen molar-refractivity contribution in [2.24, 2.45) is 16.3 Å². The van der Waals surface area contributed by atoms with Gasteiger partial charge in [-0.2, -0.15) is 0 Å². The van der Waals surface area contributed by atoms with Crippen molar-refractivity contribution in [1.82, 2.24) is 16.0 Å². The Morgan fingerprint density at radius 3 is 2.25 bits per heavy atom. The molecule has 2 aliphatic rings. The molecular formula is C18H35IN4O. The van der Waals surface area contributed by atoms with Gasteiger partial charge in [0.05, 0.1) is 0 Å². The molecule has 140 valence electrons. The number of nitrogens with one attached hydrogen (secondary N) is 3. The minimum Gasteiger partial charge on any atom is -0.356 e. The SMILES string of the molecule is CCC1(CNC(=NC)NCCNC(=O)C2CCCCC2)CCC1.I. The standard InChI is InChI=1S/C18H34N4O.HI/c1-3-18(10-7-11-18)14-22-17(19-2)21-13-12-20-16(23)15-8-5-4-6-9-15;/h15H,3-14H2,1-2H3,(H,20,23)(H2,19,21,22);1H. The zero-order chi connectivity index (χ0) is 16.5. The fourth-order valence-corrected chi connectivity index (χ4v) is 3.70. The van der Waals surface area contributed by atoms with Crippen LogP contribution in [0.2, 0.25) is 0 Å². The largest absolute Gasteiger partial charge is 0.356 e. The third-order valence-corrected chi connectivity index (χ3v) is 5.71. The van der Waals surface area contributed by atoms with Crippen LogP contribution >= 0.6 is 24.0 Å². The Bertz CT molecular complexity index is 398. The van der Waals surface area contributed by atoms with Crippen LogP contribution in [0.3, 0.4) is 0 Å². The predicted molar refractivity (Wildman–Crippen MR) is 111 cm³/mol. The van der Waals surface area contributed by atoms with Crippen LogP contribution in [0.25, 0.3) is 0 Å². The van der Waals surface area contributed by atoms with E-state index >= 15 is 0 Å². The van der Waals surface area contributed by atoms with Gasteiger partial charge in [-0.1, -0.05) is 32.6 Å². The lowest BCUT2D eigenvalue weighted by atomic mass is 9.67. The normalized spacial score (nSPS) is 20.5. The average molecular weight is 450 g/mol. The molecule has 0 radical (unpaired) electrons. The number of carbonyl (C=O) groups excluding carboxylic acids is 1. The quantitative estimate of drug-likeness (QED) is 0.242. The van der Waals surface area contributed by atoms with Gasteiger partial charge in [0.15, 0.2) is 5.96 Å². The fraction of sp³-hybridized carbons (Fsp3) is 0.889. The number of halogens is 1. The molecule has 2 saturated carbocycles. The summed E-state index contributed by atoms with van der Waals surface area (Å²) in [6.45, 7) is 4.65. The first kappa shape index (κ1) is 21.5. The second-order valence-corrected chi connectivity index (χ2v) is 7.19. The van der Waals surface area contributed by atoms with Gasteiger partial charge in [-0.25, -0.2) is 0 Å². The highest BCUT2D eigenvalue weighted by atomic mass is 127. The van der Waals surface area contributed by atoms with Crippen molar-refractivity contribution in [2.45, 2.75) is 64.7 Å². The summed E-state index contributed by atoms with van der Waals surface area (Å²) in [7, 11) is 1.80. The van der Waals surface area contributed by atoms with E-state index in [9.17, 15) is 4.79 Å². The van der Waals surface area contributed by atoms with Gasteiger partial charge in [-0.15, -0.1) is 24.0 Å². The number of amides is 1. The molecule has 0 spiro atoms. The lowest BCUT2D eigenvalue weighted by molar-refractivity contribution is -0.125. The van der Waals surface area contributed by atoms with E-state index in [4.69, 9.17) is 0 Å². The molecule has 24 heavy (non-hydrogen) atoms. The maximum atomic E-state index is 12.1. The summed E-state index contributed by atoms with van der Waals surface area (Å²) in [5.41, 5.74) is 0.479. The molecule has 0 aliphatic heterocycles. The molecule has 0 atom stereocenters. The summed E-state index contributed by atoms with van der Waals surface area (Å²) in [6, 6.07) is 0. The molecule has 0 aromatic rings. The van der Waals surface area contributed by atoms with Crippen LogP contribution in [0.4, 0.5) is 0 Å². The molecule has 0 heterocycles. The third-order valence-electron chi connectivity index (χ3n) is 5.71. The van der Waals surface area contributed by atoms with Gasteiger partial charge in [0.2, 0.25) is 5.91 Å². The second kappa shape index (κ2) is 11.2. The van der Waals surface area contributed by atoms with E-state index < -0.39 is 0 Å². The van der Waals surface area contributed by atoms with Crippen LogP contribution < -0.4 is 16.0 Å². The number of guanidine groups is 1. The molecule has 0 saturated heterocycles. The first-order valence-corrected chi connectivity index (χ1v) is 9.41.